The van der Waals surface area contributed by atoms with E-state index in [1.807, 2.05) is 121 Å². The van der Waals surface area contributed by atoms with E-state index in [0.717, 1.165) is 198 Å². The first kappa shape index (κ1) is 104. The summed E-state index contributed by atoms with van der Waals surface area (Å²) in [5.41, 5.74) is 18.9. The van der Waals surface area contributed by atoms with Crippen molar-refractivity contribution in [2.75, 3.05) is 36.0 Å². The maximum atomic E-state index is 9.10. The summed E-state index contributed by atoms with van der Waals surface area (Å²) < 4.78 is 35.0. The van der Waals surface area contributed by atoms with Crippen molar-refractivity contribution in [3.05, 3.63) is 222 Å². The van der Waals surface area contributed by atoms with Crippen LogP contribution in [-0.2, 0) is 38.2 Å². The summed E-state index contributed by atoms with van der Waals surface area (Å²) in [7, 11) is 0. The lowest BCUT2D eigenvalue weighted by molar-refractivity contribution is -0.0633. The van der Waals surface area contributed by atoms with Gasteiger partial charge in [0.05, 0.1) is 136 Å². The smallest absolute Gasteiger partial charge is 0.121 e. The van der Waals surface area contributed by atoms with Crippen LogP contribution in [0.1, 0.15) is 294 Å². The number of aryl methyl sites for hydroxylation is 8. The fraction of sp³-hybridized carbons (Fsp3) is 0.562. The van der Waals surface area contributed by atoms with E-state index in [-0.39, 0.29) is 18.3 Å². The summed E-state index contributed by atoms with van der Waals surface area (Å²) in [5.74, 6) is 5.53. The molecule has 7 aliphatic rings. The molecule has 2 aliphatic heterocycles. The van der Waals surface area contributed by atoms with E-state index in [0.29, 0.717) is 78.0 Å². The lowest BCUT2D eigenvalue weighted by atomic mass is 9.78. The van der Waals surface area contributed by atoms with E-state index in [4.69, 9.17) is 65.3 Å². The fourth-order valence-electron chi connectivity index (χ4n) is 18.0. The maximum Gasteiger partial charge on any atom is 0.121 e. The highest BCUT2D eigenvalue weighted by atomic mass is 16.5. The zero-order valence-corrected chi connectivity index (χ0v) is 81.8. The SMILES string of the molecule is Cc1ccc(CC2CC(OC(C)C)C2)cc1C#N.Cc1ccc(CC2CCC(OC(C)C)CC2)cc1C#N.Cc1ccc(CCC2CC(OC(C)C)C2)cc1C#N.Cc1ccc(N2CC(CC(C)C)C2)cc1C#N.Cc1ccc(N2CC(OC(C)C)C2)cc1C#N.Cc1ccc(OC2CC(NC(C)C)C2)cc1C#N.Cc1ccc(OC2CCC(NC(C)C)CC2)cc1C#N. The molecule has 0 radical (unpaired) electrons. The second-order valence-corrected chi connectivity index (χ2v) is 39.5. The Kier molecular flexibility index (Phi) is 42.6. The van der Waals surface area contributed by atoms with E-state index < -0.39 is 0 Å². The van der Waals surface area contributed by atoms with Crippen LogP contribution in [0.15, 0.2) is 127 Å². The molecule has 2 saturated heterocycles. The van der Waals surface area contributed by atoms with Crippen LogP contribution in [0.2, 0.25) is 0 Å². The molecule has 0 spiro atoms. The largest absolute Gasteiger partial charge is 0.490 e. The van der Waals surface area contributed by atoms with Gasteiger partial charge in [0.15, 0.2) is 0 Å². The van der Waals surface area contributed by atoms with Gasteiger partial charge in [-0.15, -0.1) is 0 Å². The highest BCUT2D eigenvalue weighted by Gasteiger charge is 2.35. The van der Waals surface area contributed by atoms with Crippen molar-refractivity contribution in [3.8, 4) is 54.0 Å². The van der Waals surface area contributed by atoms with Crippen molar-refractivity contribution in [2.45, 2.75) is 353 Å². The first-order valence-electron chi connectivity index (χ1n) is 48.1. The van der Waals surface area contributed by atoms with Crippen molar-refractivity contribution >= 4 is 11.4 Å². The minimum atomic E-state index is 0.287. The summed E-state index contributed by atoms with van der Waals surface area (Å²) >= 11 is 0. The molecular formula is C112H151N11O6. The van der Waals surface area contributed by atoms with Crippen LogP contribution >= 0.6 is 0 Å². The van der Waals surface area contributed by atoms with Crippen LogP contribution in [-0.4, -0.2) is 111 Å². The zero-order chi connectivity index (χ0) is 94.0. The summed E-state index contributed by atoms with van der Waals surface area (Å²) in [6.45, 7) is 47.9. The second kappa shape index (κ2) is 52.7. The molecule has 0 unspecified atom stereocenters. The quantitative estimate of drug-likeness (QED) is 0.0485. The molecule has 7 aromatic rings. The Labute approximate surface area is 776 Å². The Morgan fingerprint density at radius 1 is 0.310 bits per heavy atom. The molecule has 7 fully saturated rings. The van der Waals surface area contributed by atoms with Gasteiger partial charge in [-0.3, -0.25) is 0 Å². The lowest BCUT2D eigenvalue weighted by Crippen LogP contribution is -2.53. The van der Waals surface area contributed by atoms with Gasteiger partial charge in [0.2, 0.25) is 0 Å². The van der Waals surface area contributed by atoms with E-state index in [1.54, 1.807) is 0 Å². The number of nitrogens with zero attached hydrogens (tertiary/aromatic N) is 9. The van der Waals surface area contributed by atoms with E-state index in [1.165, 1.54) is 86.6 Å². The highest BCUT2D eigenvalue weighted by molar-refractivity contribution is 5.57. The Morgan fingerprint density at radius 2 is 0.643 bits per heavy atom. The van der Waals surface area contributed by atoms with Crippen LogP contribution in [0.25, 0.3) is 0 Å². The molecule has 2 heterocycles. The van der Waals surface area contributed by atoms with Gasteiger partial charge in [-0.1, -0.05) is 102 Å². The van der Waals surface area contributed by atoms with Crippen LogP contribution in [0, 0.1) is 157 Å². The molecular weight excluding hydrogens is 1600 g/mol. The van der Waals surface area contributed by atoms with Crippen LogP contribution < -0.4 is 29.9 Å². The number of nitrogens with one attached hydrogen (secondary N) is 2. The number of rotatable bonds is 27. The molecule has 7 aromatic carbocycles. The first-order chi connectivity index (χ1) is 61.6. The first-order valence-corrected chi connectivity index (χ1v) is 48.1. The number of hydrogen-bond donors (Lipinski definition) is 2. The molecule has 0 amide bonds. The monoisotopic (exact) mass is 1750 g/mol. The van der Waals surface area contributed by atoms with Crippen LogP contribution in [0.5, 0.6) is 11.5 Å². The standard InChI is InChI=1S/C18H25NO.C17H24N2O.C17H23NO.C16H21NO.C15H20N2O.C15H20N2.C14H18N2O/c1-13(2)20-18-8-6-15(7-9-18)10-16-5-4-14(3)17(11-16)12-19;1-12(2)19-15-5-8-16(9-6-15)20-17-7-4-13(3)14(10-17)11-18;1-12(2)19-17-9-15(10-17)7-6-14-5-4-13(3)16(8-14)11-18;1-11(2)18-16-8-14(9-16)6-13-5-4-12(3)15(7-13)10-17;1-10(2)17-13-7-15(8-13)18-14-5-4-11(3)12(6-14)9-16;1-11(2)6-13-9-17(10-13)15-5-4-12(3)14(7-15)8-16;1-10(2)17-14-8-16(9-14)13-5-4-11(3)12(6-13)7-15/h4-5,11,13,15,18H,6-10H2,1-3H3;4,7,10,12,15-16,19H,5-6,8-9H2,1-3H3;4-5,8,12,15,17H,6-7,9-10H2,1-3H3;4-5,7,11,14,16H,6,8-9H2,1-3H3;4-6,10,13,15,17H,7-8H2,1-3H3;4-5,7,11,13H,6,9-10H2,1-3H3;4-6,10,14H,8-9H2,1-3H3. The summed E-state index contributed by atoms with van der Waals surface area (Å²) in [6, 6.07) is 60.5. The Bertz CT molecular complexity index is 4690. The third-order valence-electron chi connectivity index (χ3n) is 25.4. The average Bonchev–Trinajstić information content (AvgIpc) is 0.806. The Hall–Kier alpha value is -10.1. The molecule has 129 heavy (non-hydrogen) atoms. The lowest BCUT2D eigenvalue weighted by Gasteiger charge is -2.42. The molecule has 14 rings (SSSR count). The van der Waals surface area contributed by atoms with Crippen LogP contribution in [0.3, 0.4) is 0 Å². The minimum Gasteiger partial charge on any atom is -0.490 e. The van der Waals surface area contributed by atoms with Crippen molar-refractivity contribution in [1.82, 2.24) is 10.6 Å². The van der Waals surface area contributed by atoms with Gasteiger partial charge < -0.3 is 48.9 Å². The zero-order valence-electron chi connectivity index (χ0n) is 81.8. The molecule has 2 N–H and O–H groups in total. The molecule has 5 saturated carbocycles. The number of nitriles is 7. The van der Waals surface area contributed by atoms with E-state index in [9.17, 15) is 0 Å². The molecule has 0 bridgehead atoms. The number of benzene rings is 7. The predicted octanol–water partition coefficient (Wildman–Crippen LogP) is 24.2. The van der Waals surface area contributed by atoms with Gasteiger partial charge in [-0.05, 0) is 378 Å². The van der Waals surface area contributed by atoms with Crippen molar-refractivity contribution in [3.63, 3.8) is 0 Å². The maximum absolute atomic E-state index is 9.10. The Morgan fingerprint density at radius 3 is 1.05 bits per heavy atom. The Balaban J connectivity index is 0.000000186. The van der Waals surface area contributed by atoms with Crippen molar-refractivity contribution in [1.29, 1.82) is 36.8 Å². The molecule has 690 valence electrons. The van der Waals surface area contributed by atoms with Gasteiger partial charge >= 0.3 is 0 Å². The number of anilines is 2. The van der Waals surface area contributed by atoms with E-state index in [2.05, 4.69) is 214 Å². The van der Waals surface area contributed by atoms with Crippen molar-refractivity contribution in [2.24, 2.45) is 29.6 Å². The fourth-order valence-corrected chi connectivity index (χ4v) is 18.0. The van der Waals surface area contributed by atoms with Gasteiger partial charge in [0.1, 0.15) is 17.6 Å². The summed E-state index contributed by atoms with van der Waals surface area (Å²) in [6.07, 6.45) is 25.6. The highest BCUT2D eigenvalue weighted by Crippen LogP contribution is 2.38. The third-order valence-corrected chi connectivity index (χ3v) is 25.4. The number of hydrogen-bond acceptors (Lipinski definition) is 17. The van der Waals surface area contributed by atoms with E-state index >= 15 is 0 Å². The molecule has 0 atom stereocenters. The number of ether oxygens (including phenoxy) is 6. The molecule has 5 aliphatic carbocycles. The second-order valence-electron chi connectivity index (χ2n) is 39.5. The average molecular weight is 1750 g/mol. The summed E-state index contributed by atoms with van der Waals surface area (Å²) in [4.78, 5) is 4.61. The van der Waals surface area contributed by atoms with Gasteiger partial charge in [-0.25, -0.2) is 0 Å². The third kappa shape index (κ3) is 35.3. The predicted molar refractivity (Wildman–Crippen MR) is 522 cm³/mol. The summed E-state index contributed by atoms with van der Waals surface area (Å²) in [5, 5.41) is 70.3. The normalized spacial score (nSPS) is 20.7. The molecule has 17 heteroatoms. The van der Waals surface area contributed by atoms with Gasteiger partial charge in [0, 0.05) is 61.7 Å². The molecule has 0 aromatic heterocycles. The molecule has 17 nitrogen and oxygen atoms in total. The topological polar surface area (TPSA) is 252 Å². The van der Waals surface area contributed by atoms with Crippen LogP contribution in [0.4, 0.5) is 11.4 Å². The van der Waals surface area contributed by atoms with Gasteiger partial charge in [0.25, 0.3) is 0 Å². The minimum absolute atomic E-state index is 0.287. The van der Waals surface area contributed by atoms with Crippen molar-refractivity contribution < 1.29 is 28.4 Å². The van der Waals surface area contributed by atoms with Gasteiger partial charge in [-0.2, -0.15) is 36.8 Å².